The van der Waals surface area contributed by atoms with Crippen molar-refractivity contribution >= 4 is 15.9 Å². The second-order valence-electron chi connectivity index (χ2n) is 5.32. The first-order valence-corrected chi connectivity index (χ1v) is 8.30. The predicted molar refractivity (Wildman–Crippen MR) is 75.3 cm³/mol. The van der Waals surface area contributed by atoms with Gasteiger partial charge in [-0.1, -0.05) is 0 Å². The Hall–Kier alpha value is -1.38. The fourth-order valence-corrected chi connectivity index (χ4v) is 2.59. The van der Waals surface area contributed by atoms with Crippen LogP contribution in [0.4, 0.5) is 0 Å². The summed E-state index contributed by atoms with van der Waals surface area (Å²) in [6.45, 7) is 3.04. The van der Waals surface area contributed by atoms with Crippen LogP contribution in [0.1, 0.15) is 29.2 Å². The maximum absolute atomic E-state index is 12.1. The van der Waals surface area contributed by atoms with Gasteiger partial charge < -0.3 is 14.1 Å². The van der Waals surface area contributed by atoms with Crippen molar-refractivity contribution in [1.29, 1.82) is 0 Å². The molecule has 0 bridgehead atoms. The zero-order valence-corrected chi connectivity index (χ0v) is 13.0. The molecular weight excluding hydrogens is 296 g/mol. The third kappa shape index (κ3) is 4.29. The topological polar surface area (TPSA) is 103 Å². The number of rotatable bonds is 7. The number of aryl methyl sites for hydroxylation is 1. The second kappa shape index (κ2) is 6.17. The van der Waals surface area contributed by atoms with Gasteiger partial charge in [-0.3, -0.25) is 4.79 Å². The van der Waals surface area contributed by atoms with Crippen molar-refractivity contribution in [2.75, 3.05) is 26.8 Å². The number of amides is 1. The van der Waals surface area contributed by atoms with Gasteiger partial charge in [0.2, 0.25) is 10.0 Å². The van der Waals surface area contributed by atoms with Crippen molar-refractivity contribution in [3.63, 3.8) is 0 Å². The summed E-state index contributed by atoms with van der Waals surface area (Å²) in [5.74, 6) is 0.347. The highest BCUT2D eigenvalue weighted by Gasteiger charge is 2.24. The van der Waals surface area contributed by atoms with E-state index in [1.54, 1.807) is 7.05 Å². The maximum Gasteiger partial charge on any atom is 0.289 e. The average molecular weight is 316 g/mol. The lowest BCUT2D eigenvalue weighted by molar-refractivity contribution is 0.0653. The number of nitrogens with zero attached hydrogens (tertiary/aromatic N) is 1. The van der Waals surface area contributed by atoms with Crippen LogP contribution in [0.25, 0.3) is 0 Å². The fourth-order valence-electron chi connectivity index (χ4n) is 1.88. The lowest BCUT2D eigenvalue weighted by Crippen LogP contribution is -2.30. The molecule has 0 radical (unpaired) electrons. The molecule has 0 aliphatic heterocycles. The van der Waals surface area contributed by atoms with Crippen LogP contribution in [0.15, 0.2) is 15.4 Å². The molecule has 1 aromatic rings. The maximum atomic E-state index is 12.1. The van der Waals surface area contributed by atoms with Crippen molar-refractivity contribution in [2.24, 2.45) is 11.1 Å². The van der Waals surface area contributed by atoms with E-state index in [1.165, 1.54) is 24.7 Å². The molecule has 1 amide bonds. The largest absolute Gasteiger partial charge is 0.455 e. The monoisotopic (exact) mass is 316 g/mol. The Kier molecular flexibility index (Phi) is 4.70. The second-order valence-corrected chi connectivity index (χ2v) is 6.85. The predicted octanol–water partition coefficient (Wildman–Crippen LogP) is 0.734. The molecule has 118 valence electrons. The molecular formula is C13H20N2O5S. The Balaban J connectivity index is 1.92. The molecule has 2 N–H and O–H groups in total. The number of hydrogen-bond acceptors (Lipinski definition) is 5. The van der Waals surface area contributed by atoms with Gasteiger partial charge in [-0.2, -0.15) is 0 Å². The van der Waals surface area contributed by atoms with E-state index in [2.05, 4.69) is 0 Å². The van der Waals surface area contributed by atoms with E-state index in [1.807, 2.05) is 0 Å². The number of ether oxygens (including phenoxy) is 1. The van der Waals surface area contributed by atoms with E-state index >= 15 is 0 Å². The van der Waals surface area contributed by atoms with Crippen molar-refractivity contribution in [3.8, 4) is 0 Å². The van der Waals surface area contributed by atoms with E-state index < -0.39 is 15.9 Å². The molecule has 21 heavy (non-hydrogen) atoms. The first kappa shape index (κ1) is 16.0. The first-order chi connectivity index (χ1) is 9.79. The van der Waals surface area contributed by atoms with Gasteiger partial charge in [-0.05, 0) is 25.7 Å². The van der Waals surface area contributed by atoms with Gasteiger partial charge in [0.05, 0.1) is 6.61 Å². The number of sulfonamides is 1. The number of likely N-dealkylation sites (N-methyl/N-ethyl adjacent to an activating group) is 1. The molecule has 1 saturated carbocycles. The highest BCUT2D eigenvalue weighted by atomic mass is 32.2. The minimum absolute atomic E-state index is 0.0405. The Morgan fingerprint density at radius 1 is 1.52 bits per heavy atom. The Labute approximate surface area is 124 Å². The average Bonchev–Trinajstić information content (AvgIpc) is 3.13. The fraction of sp³-hybridized carbons (Fsp3) is 0.615. The number of nitrogens with two attached hydrogens (primary N) is 1. The summed E-state index contributed by atoms with van der Waals surface area (Å²) in [6, 6.07) is 1.16. The standard InChI is InChI=1S/C13H20N2O5S/c1-9-12(21(14,17)18)7-11(20-9)13(16)15(2)5-6-19-8-10-3-4-10/h7,10H,3-6,8H2,1-2H3,(H2,14,17,18). The van der Waals surface area contributed by atoms with Crippen LogP contribution in [0.5, 0.6) is 0 Å². The summed E-state index contributed by atoms with van der Waals surface area (Å²) in [6.07, 6.45) is 2.44. The van der Waals surface area contributed by atoms with Crippen molar-refractivity contribution < 1.29 is 22.4 Å². The first-order valence-electron chi connectivity index (χ1n) is 6.75. The number of furan rings is 1. The van der Waals surface area contributed by atoms with E-state index in [0.717, 1.165) is 12.7 Å². The number of primary sulfonamides is 1. The lowest BCUT2D eigenvalue weighted by Gasteiger charge is -2.15. The van der Waals surface area contributed by atoms with E-state index in [0.29, 0.717) is 19.1 Å². The summed E-state index contributed by atoms with van der Waals surface area (Å²) >= 11 is 0. The lowest BCUT2D eigenvalue weighted by atomic mass is 10.4. The van der Waals surface area contributed by atoms with Gasteiger partial charge >= 0.3 is 0 Å². The zero-order chi connectivity index (χ0) is 15.6. The van der Waals surface area contributed by atoms with Crippen LogP contribution in [0, 0.1) is 12.8 Å². The molecule has 0 saturated heterocycles. The van der Waals surface area contributed by atoms with Crippen LogP contribution in [0.2, 0.25) is 0 Å². The van der Waals surface area contributed by atoms with Crippen LogP contribution in [0.3, 0.4) is 0 Å². The SMILES string of the molecule is Cc1oc(C(=O)N(C)CCOCC2CC2)cc1S(N)(=O)=O. The quantitative estimate of drug-likeness (QED) is 0.747. The third-order valence-corrected chi connectivity index (χ3v) is 4.38. The summed E-state index contributed by atoms with van der Waals surface area (Å²) in [5.41, 5.74) is 0. The molecule has 1 heterocycles. The highest BCUT2D eigenvalue weighted by Crippen LogP contribution is 2.28. The van der Waals surface area contributed by atoms with Crippen molar-refractivity contribution in [3.05, 3.63) is 17.6 Å². The molecule has 0 unspecified atom stereocenters. The van der Waals surface area contributed by atoms with Crippen molar-refractivity contribution in [2.45, 2.75) is 24.7 Å². The highest BCUT2D eigenvalue weighted by molar-refractivity contribution is 7.89. The molecule has 7 nitrogen and oxygen atoms in total. The molecule has 8 heteroatoms. The summed E-state index contributed by atoms with van der Waals surface area (Å²) in [4.78, 5) is 13.4. The van der Waals surface area contributed by atoms with Crippen LogP contribution < -0.4 is 5.14 Å². The zero-order valence-electron chi connectivity index (χ0n) is 12.2. The summed E-state index contributed by atoms with van der Waals surface area (Å²) in [5, 5.41) is 5.05. The Bertz CT molecular complexity index is 619. The minimum Gasteiger partial charge on any atom is -0.455 e. The molecule has 0 spiro atoms. The Morgan fingerprint density at radius 3 is 2.71 bits per heavy atom. The van der Waals surface area contributed by atoms with Crippen LogP contribution in [-0.2, 0) is 14.8 Å². The van der Waals surface area contributed by atoms with Crippen LogP contribution >= 0.6 is 0 Å². The van der Waals surface area contributed by atoms with E-state index in [-0.39, 0.29) is 16.4 Å². The van der Waals surface area contributed by atoms with Gasteiger partial charge in [0, 0.05) is 26.3 Å². The molecule has 1 aliphatic rings. The third-order valence-electron chi connectivity index (χ3n) is 3.36. The van der Waals surface area contributed by atoms with Gasteiger partial charge in [-0.15, -0.1) is 0 Å². The number of hydrogen-bond donors (Lipinski definition) is 1. The molecule has 0 atom stereocenters. The minimum atomic E-state index is -3.88. The Morgan fingerprint density at radius 2 is 2.19 bits per heavy atom. The molecule has 1 aliphatic carbocycles. The van der Waals surface area contributed by atoms with Crippen LogP contribution in [-0.4, -0.2) is 46.0 Å². The summed E-state index contributed by atoms with van der Waals surface area (Å²) < 4.78 is 33.3. The molecule has 1 fully saturated rings. The molecule has 2 rings (SSSR count). The van der Waals surface area contributed by atoms with E-state index in [4.69, 9.17) is 14.3 Å². The molecule has 0 aromatic carbocycles. The smallest absolute Gasteiger partial charge is 0.289 e. The molecule has 1 aromatic heterocycles. The van der Waals surface area contributed by atoms with Gasteiger partial charge in [0.25, 0.3) is 5.91 Å². The normalized spacial score (nSPS) is 15.2. The number of carbonyl (C=O) groups is 1. The van der Waals surface area contributed by atoms with Gasteiger partial charge in [0.1, 0.15) is 10.7 Å². The van der Waals surface area contributed by atoms with Crippen molar-refractivity contribution in [1.82, 2.24) is 4.90 Å². The number of carbonyl (C=O) groups excluding carboxylic acids is 1. The van der Waals surface area contributed by atoms with Gasteiger partial charge in [0.15, 0.2) is 5.76 Å². The summed E-state index contributed by atoms with van der Waals surface area (Å²) in [7, 11) is -2.28. The van der Waals surface area contributed by atoms with Gasteiger partial charge in [-0.25, -0.2) is 13.6 Å². The van der Waals surface area contributed by atoms with E-state index in [9.17, 15) is 13.2 Å².